The van der Waals surface area contributed by atoms with Gasteiger partial charge in [-0.2, -0.15) is 0 Å². The average molecular weight is 561 g/mol. The number of hydrogen-bond acceptors (Lipinski definition) is 10. The molecule has 41 heavy (non-hydrogen) atoms. The van der Waals surface area contributed by atoms with E-state index in [0.717, 1.165) is 4.90 Å². The van der Waals surface area contributed by atoms with Crippen molar-refractivity contribution >= 4 is 28.9 Å². The fourth-order valence-electron chi connectivity index (χ4n) is 5.18. The van der Waals surface area contributed by atoms with Gasteiger partial charge in [-0.1, -0.05) is 30.4 Å². The maximum Gasteiger partial charge on any atom is 0.269 e. The summed E-state index contributed by atoms with van der Waals surface area (Å²) in [5.74, 6) is -0.713. The summed E-state index contributed by atoms with van der Waals surface area (Å²) in [5, 5.41) is 24.4. The van der Waals surface area contributed by atoms with Crippen LogP contribution in [0, 0.1) is 16.0 Å². The molecule has 2 N–H and O–H groups in total. The monoisotopic (exact) mass is 560 g/mol. The Morgan fingerprint density at radius 2 is 1.54 bits per heavy atom. The summed E-state index contributed by atoms with van der Waals surface area (Å²) >= 11 is 0. The minimum Gasteiger partial charge on any atom is -0.493 e. The lowest BCUT2D eigenvalue weighted by atomic mass is 9.90. The van der Waals surface area contributed by atoms with Crippen LogP contribution in [0.2, 0.25) is 0 Å². The number of nitrogens with zero attached hydrogens (tertiary/aromatic N) is 3. The number of para-hydroxylation sites is 1. The maximum absolute atomic E-state index is 13.8. The lowest BCUT2D eigenvalue weighted by Gasteiger charge is -2.40. The molecule has 0 spiro atoms. The molecular formula is C29H28N4O8. The number of ether oxygens (including phenoxy) is 3. The van der Waals surface area contributed by atoms with Gasteiger partial charge in [0.05, 0.1) is 43.9 Å². The molecule has 4 atom stereocenters. The van der Waals surface area contributed by atoms with Crippen molar-refractivity contribution in [1.82, 2.24) is 5.01 Å². The number of carbonyl (C=O) groups is 2. The normalized spacial score (nSPS) is 20.9. The molecule has 2 amide bonds. The third kappa shape index (κ3) is 4.94. The van der Waals surface area contributed by atoms with Gasteiger partial charge in [0.1, 0.15) is 12.1 Å². The minimum atomic E-state index is -1.24. The Morgan fingerprint density at radius 3 is 2.10 bits per heavy atom. The van der Waals surface area contributed by atoms with E-state index in [1.807, 2.05) is 0 Å². The number of carbonyl (C=O) groups excluding carboxylic acids is 2. The first-order valence-corrected chi connectivity index (χ1v) is 12.7. The van der Waals surface area contributed by atoms with Crippen LogP contribution in [0.15, 0.2) is 78.9 Å². The van der Waals surface area contributed by atoms with E-state index in [1.165, 1.54) is 50.6 Å². The highest BCUT2D eigenvalue weighted by Crippen LogP contribution is 2.43. The van der Waals surface area contributed by atoms with E-state index in [1.54, 1.807) is 54.6 Å². The summed E-state index contributed by atoms with van der Waals surface area (Å²) in [4.78, 5) is 39.1. The molecule has 212 valence electrons. The topological polar surface area (TPSA) is 144 Å². The number of nitro groups is 1. The second-order valence-electron chi connectivity index (χ2n) is 9.42. The molecule has 2 heterocycles. The van der Waals surface area contributed by atoms with Crippen LogP contribution in [0.5, 0.6) is 17.2 Å². The fraction of sp³-hybridized carbons (Fsp3) is 0.241. The quantitative estimate of drug-likeness (QED) is 0.173. The molecule has 0 aliphatic carbocycles. The SMILES string of the molecule is COc1cc(C(O)C2C=CC3C(=O)N(c4ccccc4)C(=O)C3N2Nc2ccc([N+](=O)[O-])cc2)cc(OC)c1OC. The summed E-state index contributed by atoms with van der Waals surface area (Å²) in [6, 6.07) is 15.6. The van der Waals surface area contributed by atoms with E-state index in [0.29, 0.717) is 34.2 Å². The van der Waals surface area contributed by atoms with Crippen molar-refractivity contribution in [2.75, 3.05) is 31.7 Å². The molecule has 12 nitrogen and oxygen atoms in total. The number of methoxy groups -OCH3 is 3. The number of nitrogens with one attached hydrogen (secondary N) is 1. The number of amides is 2. The molecule has 0 radical (unpaired) electrons. The average Bonchev–Trinajstić information content (AvgIpc) is 3.26. The number of fused-ring (bicyclic) bond motifs is 1. The van der Waals surface area contributed by atoms with Crippen molar-refractivity contribution in [3.63, 3.8) is 0 Å². The van der Waals surface area contributed by atoms with Gasteiger partial charge in [0.15, 0.2) is 11.5 Å². The Bertz CT molecular complexity index is 1470. The van der Waals surface area contributed by atoms with Gasteiger partial charge in [0.25, 0.3) is 11.6 Å². The Balaban J connectivity index is 1.57. The molecule has 3 aromatic rings. The number of benzene rings is 3. The predicted octanol–water partition coefficient (Wildman–Crippen LogP) is 3.48. The fourth-order valence-corrected chi connectivity index (χ4v) is 5.18. The molecule has 2 aliphatic heterocycles. The zero-order chi connectivity index (χ0) is 29.3. The molecule has 4 unspecified atom stereocenters. The van der Waals surface area contributed by atoms with Gasteiger partial charge in [-0.3, -0.25) is 19.7 Å². The first-order valence-electron chi connectivity index (χ1n) is 12.7. The molecule has 0 aromatic heterocycles. The number of non-ortho nitro benzene ring substituents is 1. The Labute approximate surface area is 235 Å². The van der Waals surface area contributed by atoms with Crippen LogP contribution in [0.1, 0.15) is 11.7 Å². The highest BCUT2D eigenvalue weighted by Gasteiger charge is 2.54. The zero-order valence-electron chi connectivity index (χ0n) is 22.5. The highest BCUT2D eigenvalue weighted by atomic mass is 16.6. The standard InChI is InChI=1S/C29H28N4O8/c1-39-23-15-17(16-24(40-2)27(23)41-3)26(34)22-14-13-21-25(29(36)31(28(21)35)19-7-5-4-6-8-19)32(22)30-18-9-11-20(12-10-18)33(37)38/h4-16,21-22,25-26,30,34H,1-3H3. The van der Waals surface area contributed by atoms with Crippen molar-refractivity contribution in [1.29, 1.82) is 0 Å². The summed E-state index contributed by atoms with van der Waals surface area (Å²) in [6.07, 6.45) is 2.06. The van der Waals surface area contributed by atoms with Crippen LogP contribution >= 0.6 is 0 Å². The smallest absolute Gasteiger partial charge is 0.269 e. The number of anilines is 2. The van der Waals surface area contributed by atoms with Crippen molar-refractivity contribution in [2.45, 2.75) is 18.2 Å². The van der Waals surface area contributed by atoms with E-state index in [9.17, 15) is 24.8 Å². The Kier molecular flexibility index (Phi) is 7.60. The van der Waals surface area contributed by atoms with Gasteiger partial charge < -0.3 is 24.7 Å². The minimum absolute atomic E-state index is 0.108. The molecule has 0 saturated carbocycles. The molecule has 1 fully saturated rings. The van der Waals surface area contributed by atoms with Gasteiger partial charge in [-0.05, 0) is 42.0 Å². The second kappa shape index (κ2) is 11.3. The number of nitro benzene ring substituents is 1. The number of hydrazine groups is 1. The molecular weight excluding hydrogens is 532 g/mol. The third-order valence-electron chi connectivity index (χ3n) is 7.16. The predicted molar refractivity (Wildman–Crippen MR) is 149 cm³/mol. The van der Waals surface area contributed by atoms with Crippen LogP contribution in [-0.2, 0) is 9.59 Å². The van der Waals surface area contributed by atoms with Crippen LogP contribution in [0.4, 0.5) is 17.1 Å². The van der Waals surface area contributed by atoms with Crippen molar-refractivity contribution in [2.24, 2.45) is 5.92 Å². The van der Waals surface area contributed by atoms with Gasteiger partial charge in [-0.25, -0.2) is 9.91 Å². The van der Waals surface area contributed by atoms with E-state index in [2.05, 4.69) is 5.43 Å². The summed E-state index contributed by atoms with van der Waals surface area (Å²) in [6.45, 7) is 0. The first-order chi connectivity index (χ1) is 19.8. The van der Waals surface area contributed by atoms with E-state index in [4.69, 9.17) is 14.2 Å². The number of hydrogen-bond donors (Lipinski definition) is 2. The van der Waals surface area contributed by atoms with E-state index < -0.39 is 40.8 Å². The highest BCUT2D eigenvalue weighted by molar-refractivity contribution is 6.24. The molecule has 1 saturated heterocycles. The largest absolute Gasteiger partial charge is 0.493 e. The number of aliphatic hydroxyl groups excluding tert-OH is 1. The summed E-state index contributed by atoms with van der Waals surface area (Å²) in [7, 11) is 4.39. The van der Waals surface area contributed by atoms with Gasteiger partial charge in [0.2, 0.25) is 11.7 Å². The zero-order valence-corrected chi connectivity index (χ0v) is 22.5. The summed E-state index contributed by atoms with van der Waals surface area (Å²) in [5.41, 5.74) is 4.28. The van der Waals surface area contributed by atoms with Crippen LogP contribution in [0.25, 0.3) is 0 Å². The molecule has 0 bridgehead atoms. The second-order valence-corrected chi connectivity index (χ2v) is 9.42. The molecule has 5 rings (SSSR count). The molecule has 12 heteroatoms. The third-order valence-corrected chi connectivity index (χ3v) is 7.16. The van der Waals surface area contributed by atoms with Crippen LogP contribution in [-0.4, -0.2) is 60.3 Å². The lowest BCUT2D eigenvalue weighted by Crippen LogP contribution is -2.55. The van der Waals surface area contributed by atoms with Crippen molar-refractivity contribution < 1.29 is 33.8 Å². The van der Waals surface area contributed by atoms with E-state index in [-0.39, 0.29) is 5.69 Å². The van der Waals surface area contributed by atoms with Crippen molar-refractivity contribution in [3.05, 3.63) is 94.6 Å². The Morgan fingerprint density at radius 1 is 0.902 bits per heavy atom. The van der Waals surface area contributed by atoms with Crippen molar-refractivity contribution in [3.8, 4) is 17.2 Å². The number of aliphatic hydroxyl groups is 1. The number of imide groups is 1. The maximum atomic E-state index is 13.8. The van der Waals surface area contributed by atoms with Crippen LogP contribution < -0.4 is 24.5 Å². The molecule has 3 aromatic carbocycles. The number of rotatable bonds is 9. The lowest BCUT2D eigenvalue weighted by molar-refractivity contribution is -0.384. The van der Waals surface area contributed by atoms with E-state index >= 15 is 0 Å². The van der Waals surface area contributed by atoms with Gasteiger partial charge in [-0.15, -0.1) is 0 Å². The van der Waals surface area contributed by atoms with Gasteiger partial charge >= 0.3 is 0 Å². The Hall–Kier alpha value is -4.94. The van der Waals surface area contributed by atoms with Gasteiger partial charge in [0, 0.05) is 17.8 Å². The molecule has 2 aliphatic rings. The van der Waals surface area contributed by atoms with Crippen LogP contribution in [0.3, 0.4) is 0 Å². The first kappa shape index (κ1) is 27.6. The summed E-state index contributed by atoms with van der Waals surface area (Å²) < 4.78 is 16.3.